The molecule has 3 atom stereocenters. The van der Waals surface area contributed by atoms with Crippen molar-refractivity contribution in [2.75, 3.05) is 0 Å². The number of hydrogen-bond donors (Lipinski definition) is 3. The number of hydrogen-bond acceptors (Lipinski definition) is 4. The molecule has 106 valence electrons. The van der Waals surface area contributed by atoms with Crippen LogP contribution < -0.4 is 11.1 Å². The number of aliphatic hydroxyl groups excluding tert-OH is 1. The number of rotatable bonds is 3. The van der Waals surface area contributed by atoms with Gasteiger partial charge in [-0.15, -0.1) is 12.4 Å². The first-order valence-electron chi connectivity index (χ1n) is 6.06. The average molecular weight is 287 g/mol. The Morgan fingerprint density at radius 2 is 2.05 bits per heavy atom. The van der Waals surface area contributed by atoms with E-state index in [9.17, 15) is 9.90 Å². The van der Waals surface area contributed by atoms with Gasteiger partial charge >= 0.3 is 6.09 Å². The highest BCUT2D eigenvalue weighted by molar-refractivity contribution is 5.85. The van der Waals surface area contributed by atoms with Crippen molar-refractivity contribution >= 4 is 18.5 Å². The van der Waals surface area contributed by atoms with Crippen molar-refractivity contribution in [3.8, 4) is 0 Å². The van der Waals surface area contributed by atoms with Gasteiger partial charge in [-0.25, -0.2) is 4.79 Å². The zero-order valence-corrected chi connectivity index (χ0v) is 11.3. The van der Waals surface area contributed by atoms with Crippen LogP contribution in [0.2, 0.25) is 0 Å². The molecule has 5 nitrogen and oxygen atoms in total. The predicted molar refractivity (Wildman–Crippen MR) is 74.0 cm³/mol. The zero-order chi connectivity index (χ0) is 13.0. The van der Waals surface area contributed by atoms with E-state index in [0.717, 1.165) is 5.56 Å². The van der Waals surface area contributed by atoms with Crippen molar-refractivity contribution in [1.82, 2.24) is 5.32 Å². The summed E-state index contributed by atoms with van der Waals surface area (Å²) in [5, 5.41) is 12.2. The van der Waals surface area contributed by atoms with Gasteiger partial charge in [0, 0.05) is 12.1 Å². The number of carbonyl (C=O) groups excluding carboxylic acids is 1. The number of carbonyl (C=O) groups is 1. The Morgan fingerprint density at radius 3 is 2.63 bits per heavy atom. The van der Waals surface area contributed by atoms with Crippen molar-refractivity contribution in [3.05, 3.63) is 35.9 Å². The highest BCUT2D eigenvalue weighted by Crippen LogP contribution is 2.18. The third-order valence-electron chi connectivity index (χ3n) is 3.11. The fraction of sp³-hybridized carbons (Fsp3) is 0.462. The van der Waals surface area contributed by atoms with Crippen LogP contribution in [0, 0.1) is 0 Å². The fourth-order valence-corrected chi connectivity index (χ4v) is 2.10. The zero-order valence-electron chi connectivity index (χ0n) is 10.5. The van der Waals surface area contributed by atoms with Crippen molar-refractivity contribution < 1.29 is 14.6 Å². The summed E-state index contributed by atoms with van der Waals surface area (Å²) in [6.45, 7) is 0.244. The summed E-state index contributed by atoms with van der Waals surface area (Å²) in [6.07, 6.45) is 0.0676. The maximum atomic E-state index is 11.5. The summed E-state index contributed by atoms with van der Waals surface area (Å²) in [6, 6.07) is 9.12. The number of nitrogens with two attached hydrogens (primary N) is 1. The average Bonchev–Trinajstić information content (AvgIpc) is 2.67. The van der Waals surface area contributed by atoms with Gasteiger partial charge in [-0.2, -0.15) is 0 Å². The van der Waals surface area contributed by atoms with Crippen LogP contribution >= 0.6 is 12.4 Å². The van der Waals surface area contributed by atoms with Crippen molar-refractivity contribution in [2.45, 2.75) is 37.6 Å². The first kappa shape index (κ1) is 15.8. The van der Waals surface area contributed by atoms with E-state index in [1.54, 1.807) is 0 Å². The summed E-state index contributed by atoms with van der Waals surface area (Å²) in [4.78, 5) is 11.5. The summed E-state index contributed by atoms with van der Waals surface area (Å²) in [7, 11) is 0. The molecular weight excluding hydrogens is 268 g/mol. The Balaban J connectivity index is 0.00000180. The van der Waals surface area contributed by atoms with Crippen LogP contribution in [0.3, 0.4) is 0 Å². The molecule has 2 rings (SSSR count). The molecule has 4 N–H and O–H groups in total. The van der Waals surface area contributed by atoms with E-state index in [4.69, 9.17) is 10.5 Å². The van der Waals surface area contributed by atoms with Gasteiger partial charge in [-0.3, -0.25) is 0 Å². The molecule has 0 aliphatic heterocycles. The number of alkyl carbamates (subject to hydrolysis) is 1. The van der Waals surface area contributed by atoms with E-state index in [-0.39, 0.29) is 31.1 Å². The summed E-state index contributed by atoms with van der Waals surface area (Å²) >= 11 is 0. The monoisotopic (exact) mass is 286 g/mol. The van der Waals surface area contributed by atoms with Crippen molar-refractivity contribution in [1.29, 1.82) is 0 Å². The van der Waals surface area contributed by atoms with Crippen LogP contribution in [0.5, 0.6) is 0 Å². The second-order valence-corrected chi connectivity index (χ2v) is 4.61. The van der Waals surface area contributed by atoms with Gasteiger partial charge in [0.05, 0.1) is 6.10 Å². The van der Waals surface area contributed by atoms with E-state index in [0.29, 0.717) is 12.8 Å². The lowest BCUT2D eigenvalue weighted by molar-refractivity contribution is 0.133. The highest BCUT2D eigenvalue weighted by Gasteiger charge is 2.31. The van der Waals surface area contributed by atoms with Crippen LogP contribution in [-0.2, 0) is 11.3 Å². The topological polar surface area (TPSA) is 84.6 Å². The lowest BCUT2D eigenvalue weighted by Gasteiger charge is -2.12. The molecule has 1 saturated carbocycles. The second kappa shape index (κ2) is 7.33. The first-order chi connectivity index (χ1) is 8.65. The summed E-state index contributed by atoms with van der Waals surface area (Å²) in [5.41, 5.74) is 6.61. The molecule has 0 aromatic heterocycles. The van der Waals surface area contributed by atoms with Gasteiger partial charge in [-0.1, -0.05) is 30.3 Å². The normalized spacial score (nSPS) is 25.5. The van der Waals surface area contributed by atoms with E-state index >= 15 is 0 Å². The summed E-state index contributed by atoms with van der Waals surface area (Å²) < 4.78 is 5.09. The fourth-order valence-electron chi connectivity index (χ4n) is 2.10. The molecule has 1 fully saturated rings. The Morgan fingerprint density at radius 1 is 1.37 bits per heavy atom. The number of halogens is 1. The minimum atomic E-state index is -0.538. The van der Waals surface area contributed by atoms with E-state index < -0.39 is 12.2 Å². The molecule has 0 bridgehead atoms. The number of nitrogens with one attached hydrogen (secondary N) is 1. The molecule has 0 unspecified atom stereocenters. The van der Waals surface area contributed by atoms with Gasteiger partial charge in [-0.05, 0) is 18.4 Å². The predicted octanol–water partition coefficient (Wildman–Crippen LogP) is 1.19. The Bertz CT molecular complexity index is 392. The molecule has 0 radical (unpaired) electrons. The number of amides is 1. The van der Waals surface area contributed by atoms with Crippen LogP contribution in [0.1, 0.15) is 18.4 Å². The maximum Gasteiger partial charge on any atom is 0.407 e. The molecular formula is C13H19ClN2O3. The minimum absolute atomic E-state index is 0. The van der Waals surface area contributed by atoms with E-state index in [1.807, 2.05) is 30.3 Å². The maximum absolute atomic E-state index is 11.5. The quantitative estimate of drug-likeness (QED) is 0.779. The van der Waals surface area contributed by atoms with Gasteiger partial charge in [0.25, 0.3) is 0 Å². The van der Waals surface area contributed by atoms with Gasteiger partial charge in [0.1, 0.15) is 6.61 Å². The highest BCUT2D eigenvalue weighted by atomic mass is 35.5. The number of ether oxygens (including phenoxy) is 1. The molecule has 0 heterocycles. The smallest absolute Gasteiger partial charge is 0.407 e. The molecule has 1 aromatic rings. The van der Waals surface area contributed by atoms with Gasteiger partial charge < -0.3 is 20.9 Å². The molecule has 0 saturated heterocycles. The molecule has 1 amide bonds. The minimum Gasteiger partial charge on any atom is -0.445 e. The lowest BCUT2D eigenvalue weighted by Crippen LogP contribution is -2.34. The third-order valence-corrected chi connectivity index (χ3v) is 3.11. The SMILES string of the molecule is Cl.N[C@H]1C[C@@H](NC(=O)OCc2ccccc2)C[C@H]1O. The lowest BCUT2D eigenvalue weighted by atomic mass is 10.2. The van der Waals surface area contributed by atoms with E-state index in [1.165, 1.54) is 0 Å². The van der Waals surface area contributed by atoms with Crippen LogP contribution in [-0.4, -0.2) is 29.4 Å². The Hall–Kier alpha value is -1.30. The molecule has 1 aliphatic rings. The second-order valence-electron chi connectivity index (χ2n) is 4.61. The summed E-state index contributed by atoms with van der Waals surface area (Å²) in [5.74, 6) is 0. The molecule has 19 heavy (non-hydrogen) atoms. The van der Waals surface area contributed by atoms with Crippen LogP contribution in [0.4, 0.5) is 4.79 Å². The first-order valence-corrected chi connectivity index (χ1v) is 6.06. The van der Waals surface area contributed by atoms with Crippen molar-refractivity contribution in [2.24, 2.45) is 5.73 Å². The molecule has 1 aromatic carbocycles. The standard InChI is InChI=1S/C13H18N2O3.ClH/c14-11-6-10(7-12(11)16)15-13(17)18-8-9-4-2-1-3-5-9;/h1-5,10-12,16H,6-8,14H2,(H,15,17);1H/t10-,11+,12-;/m1./s1. The Kier molecular flexibility index (Phi) is 6.08. The van der Waals surface area contributed by atoms with Gasteiger partial charge in [0.15, 0.2) is 0 Å². The largest absolute Gasteiger partial charge is 0.445 e. The van der Waals surface area contributed by atoms with Gasteiger partial charge in [0.2, 0.25) is 0 Å². The van der Waals surface area contributed by atoms with Crippen LogP contribution in [0.15, 0.2) is 30.3 Å². The molecule has 0 spiro atoms. The number of aliphatic hydroxyl groups is 1. The molecule has 6 heteroatoms. The Labute approximate surface area is 118 Å². The van der Waals surface area contributed by atoms with Crippen LogP contribution in [0.25, 0.3) is 0 Å². The van der Waals surface area contributed by atoms with E-state index in [2.05, 4.69) is 5.32 Å². The number of benzene rings is 1. The van der Waals surface area contributed by atoms with Crippen molar-refractivity contribution in [3.63, 3.8) is 0 Å². The third kappa shape index (κ3) is 4.70. The molecule has 1 aliphatic carbocycles.